The summed E-state index contributed by atoms with van der Waals surface area (Å²) in [7, 11) is 6.45. The van der Waals surface area contributed by atoms with Crippen LogP contribution in [0, 0.1) is 5.92 Å². The Bertz CT molecular complexity index is 769. The van der Waals surface area contributed by atoms with Crippen LogP contribution in [0.1, 0.15) is 41.8 Å². The summed E-state index contributed by atoms with van der Waals surface area (Å²) in [5.74, 6) is 1.50. The second kappa shape index (κ2) is 11.5. The molecule has 0 bridgehead atoms. The van der Waals surface area contributed by atoms with Crippen molar-refractivity contribution in [3.05, 3.63) is 57.8 Å². The summed E-state index contributed by atoms with van der Waals surface area (Å²) in [5.41, 5.74) is 2.57. The van der Waals surface area contributed by atoms with Crippen molar-refractivity contribution in [3.63, 3.8) is 0 Å². The van der Waals surface area contributed by atoms with Crippen molar-refractivity contribution < 1.29 is 0 Å². The van der Waals surface area contributed by atoms with Gasteiger partial charge < -0.3 is 15.5 Å². The number of nitrogens with zero attached hydrogens (tertiary/aromatic N) is 3. The first-order valence-corrected chi connectivity index (χ1v) is 11.9. The van der Waals surface area contributed by atoms with Crippen molar-refractivity contribution in [1.82, 2.24) is 20.4 Å². The highest BCUT2D eigenvalue weighted by molar-refractivity contribution is 7.10. The van der Waals surface area contributed by atoms with Gasteiger partial charge >= 0.3 is 0 Å². The molecule has 1 aromatic carbocycles. The largest absolute Gasteiger partial charge is 0.357 e. The maximum Gasteiger partial charge on any atom is 0.191 e. The van der Waals surface area contributed by atoms with E-state index in [1.807, 2.05) is 11.3 Å². The molecule has 0 saturated carbocycles. The molecule has 1 saturated heterocycles. The minimum absolute atomic E-state index is 0.498. The van der Waals surface area contributed by atoms with Gasteiger partial charge in [-0.1, -0.05) is 30.3 Å². The molecular formula is C24H37N5S. The van der Waals surface area contributed by atoms with Crippen molar-refractivity contribution in [3.8, 4) is 0 Å². The minimum Gasteiger partial charge on any atom is -0.357 e. The van der Waals surface area contributed by atoms with Crippen LogP contribution in [0.15, 0.2) is 46.8 Å². The third kappa shape index (κ3) is 6.56. The Kier molecular flexibility index (Phi) is 8.73. The quantitative estimate of drug-likeness (QED) is 0.495. The summed E-state index contributed by atoms with van der Waals surface area (Å²) in [5, 5.41) is 9.22. The minimum atomic E-state index is 0.498. The molecule has 2 atom stereocenters. The fraction of sp³-hybridized carbons (Fsp3) is 0.542. The Hall–Kier alpha value is -1.89. The van der Waals surface area contributed by atoms with Crippen LogP contribution >= 0.6 is 11.3 Å². The van der Waals surface area contributed by atoms with Gasteiger partial charge in [0.25, 0.3) is 0 Å². The molecule has 30 heavy (non-hydrogen) atoms. The molecule has 6 heteroatoms. The van der Waals surface area contributed by atoms with Gasteiger partial charge in [-0.2, -0.15) is 0 Å². The first kappa shape index (κ1) is 22.8. The molecule has 0 amide bonds. The zero-order valence-corrected chi connectivity index (χ0v) is 19.7. The van der Waals surface area contributed by atoms with Gasteiger partial charge in [0.15, 0.2) is 5.96 Å². The fourth-order valence-corrected chi connectivity index (χ4v) is 5.22. The molecule has 2 unspecified atom stereocenters. The van der Waals surface area contributed by atoms with Crippen LogP contribution in [0.25, 0.3) is 0 Å². The van der Waals surface area contributed by atoms with E-state index < -0.39 is 0 Å². The van der Waals surface area contributed by atoms with Gasteiger partial charge in [0, 0.05) is 30.6 Å². The average molecular weight is 428 g/mol. The van der Waals surface area contributed by atoms with Crippen molar-refractivity contribution >= 4 is 17.3 Å². The second-order valence-electron chi connectivity index (χ2n) is 8.47. The van der Waals surface area contributed by atoms with Crippen LogP contribution in [0.2, 0.25) is 0 Å². The van der Waals surface area contributed by atoms with E-state index in [1.165, 1.54) is 35.4 Å². The predicted octanol–water partition coefficient (Wildman–Crippen LogP) is 3.95. The van der Waals surface area contributed by atoms with Crippen molar-refractivity contribution in [2.75, 3.05) is 40.8 Å². The number of aliphatic imine (C=N–C) groups is 1. The van der Waals surface area contributed by atoms with Crippen LogP contribution in [0.4, 0.5) is 0 Å². The van der Waals surface area contributed by atoms with Gasteiger partial charge in [-0.15, -0.1) is 11.3 Å². The topological polar surface area (TPSA) is 42.9 Å². The Morgan fingerprint density at radius 3 is 2.60 bits per heavy atom. The number of hydrogen-bond donors (Lipinski definition) is 2. The van der Waals surface area contributed by atoms with Gasteiger partial charge in [-0.25, -0.2) is 4.99 Å². The molecule has 0 spiro atoms. The van der Waals surface area contributed by atoms with Gasteiger partial charge in [0.2, 0.25) is 0 Å². The number of thiophene rings is 1. The van der Waals surface area contributed by atoms with Crippen LogP contribution in [0.3, 0.4) is 0 Å². The zero-order valence-electron chi connectivity index (χ0n) is 18.9. The van der Waals surface area contributed by atoms with Crippen LogP contribution < -0.4 is 10.6 Å². The van der Waals surface area contributed by atoms with E-state index in [2.05, 4.69) is 90.3 Å². The lowest BCUT2D eigenvalue weighted by Crippen LogP contribution is -2.44. The van der Waals surface area contributed by atoms with E-state index in [0.29, 0.717) is 18.5 Å². The first-order valence-electron chi connectivity index (χ1n) is 11.0. The van der Waals surface area contributed by atoms with Crippen molar-refractivity contribution in [2.24, 2.45) is 10.9 Å². The number of guanidine groups is 1. The molecule has 2 heterocycles. The Morgan fingerprint density at radius 2 is 1.93 bits per heavy atom. The molecule has 5 nitrogen and oxygen atoms in total. The SMILES string of the molecule is CCNC(=NCc1ccc(CN(C)C)cc1)NCC1CCCN(C)C1c1cccs1. The highest BCUT2D eigenvalue weighted by Gasteiger charge is 2.31. The van der Waals surface area contributed by atoms with Crippen molar-refractivity contribution in [2.45, 2.75) is 38.9 Å². The molecular weight excluding hydrogens is 390 g/mol. The maximum absolute atomic E-state index is 4.84. The van der Waals surface area contributed by atoms with E-state index in [4.69, 9.17) is 4.99 Å². The monoisotopic (exact) mass is 427 g/mol. The lowest BCUT2D eigenvalue weighted by atomic mass is 9.88. The Balaban J connectivity index is 1.60. The second-order valence-corrected chi connectivity index (χ2v) is 9.45. The van der Waals surface area contributed by atoms with Crippen LogP contribution in [-0.4, -0.2) is 56.5 Å². The summed E-state index contributed by atoms with van der Waals surface area (Å²) in [6, 6.07) is 13.7. The standard InChI is InChI=1S/C24H37N5S/c1-5-25-24(26-16-19-10-12-20(13-11-19)18-28(2)3)27-17-21-8-6-14-29(4)23(21)22-9-7-15-30-22/h7,9-13,15,21,23H,5-6,8,14,16-18H2,1-4H3,(H2,25,26,27). The molecule has 1 aromatic heterocycles. The summed E-state index contributed by atoms with van der Waals surface area (Å²) in [6.07, 6.45) is 2.52. The normalized spacial score (nSPS) is 20.5. The van der Waals surface area contributed by atoms with Gasteiger partial charge in [0.1, 0.15) is 0 Å². The first-order chi connectivity index (χ1) is 14.6. The fourth-order valence-electron chi connectivity index (χ4n) is 4.24. The predicted molar refractivity (Wildman–Crippen MR) is 129 cm³/mol. The molecule has 1 fully saturated rings. The van der Waals surface area contributed by atoms with Crippen LogP contribution in [0.5, 0.6) is 0 Å². The lowest BCUT2D eigenvalue weighted by Gasteiger charge is -2.39. The number of hydrogen-bond acceptors (Lipinski definition) is 4. The highest BCUT2D eigenvalue weighted by Crippen LogP contribution is 2.36. The maximum atomic E-state index is 4.84. The van der Waals surface area contributed by atoms with Gasteiger partial charge in [0.05, 0.1) is 6.54 Å². The summed E-state index contributed by atoms with van der Waals surface area (Å²) < 4.78 is 0. The number of likely N-dealkylation sites (tertiary alicyclic amines) is 1. The summed E-state index contributed by atoms with van der Waals surface area (Å²) in [4.78, 5) is 11.0. The third-order valence-electron chi connectivity index (χ3n) is 5.66. The molecule has 2 N–H and O–H groups in total. The Labute approximate surface area is 186 Å². The van der Waals surface area contributed by atoms with Gasteiger partial charge in [-0.05, 0) is 75.9 Å². The lowest BCUT2D eigenvalue weighted by molar-refractivity contribution is 0.125. The van der Waals surface area contributed by atoms with E-state index in [9.17, 15) is 0 Å². The average Bonchev–Trinajstić information content (AvgIpc) is 3.25. The summed E-state index contributed by atoms with van der Waals surface area (Å²) in [6.45, 7) is 6.77. The molecule has 164 valence electrons. The summed E-state index contributed by atoms with van der Waals surface area (Å²) >= 11 is 1.88. The number of rotatable bonds is 8. The molecule has 1 aliphatic heterocycles. The Morgan fingerprint density at radius 1 is 1.17 bits per heavy atom. The number of nitrogens with one attached hydrogen (secondary N) is 2. The number of benzene rings is 1. The smallest absolute Gasteiger partial charge is 0.191 e. The number of piperidine rings is 1. The molecule has 2 aromatic rings. The van der Waals surface area contributed by atoms with E-state index in [1.54, 1.807) is 0 Å². The molecule has 0 radical (unpaired) electrons. The highest BCUT2D eigenvalue weighted by atomic mass is 32.1. The molecule has 1 aliphatic rings. The third-order valence-corrected chi connectivity index (χ3v) is 6.60. The van der Waals surface area contributed by atoms with E-state index in [-0.39, 0.29) is 0 Å². The van der Waals surface area contributed by atoms with E-state index >= 15 is 0 Å². The molecule has 0 aliphatic carbocycles. The van der Waals surface area contributed by atoms with E-state index in [0.717, 1.165) is 25.6 Å². The van der Waals surface area contributed by atoms with Crippen molar-refractivity contribution in [1.29, 1.82) is 0 Å². The zero-order chi connectivity index (χ0) is 21.3. The van der Waals surface area contributed by atoms with Crippen LogP contribution in [-0.2, 0) is 13.1 Å². The molecule has 3 rings (SSSR count). The van der Waals surface area contributed by atoms with Gasteiger partial charge in [-0.3, -0.25) is 4.90 Å².